The van der Waals surface area contributed by atoms with E-state index >= 15 is 0 Å². The smallest absolute Gasteiger partial charge is 0.191 e. The number of methoxy groups -OCH3 is 1. The number of nitrogens with zero attached hydrogens (tertiary/aromatic N) is 2. The monoisotopic (exact) mass is 241 g/mol. The number of nitrogens with two attached hydrogens (primary N) is 1. The molecular weight excluding hydrogens is 214 g/mol. The van der Waals surface area contributed by atoms with E-state index in [1.54, 1.807) is 7.11 Å². The molecule has 1 rings (SSSR count). The fourth-order valence-electron chi connectivity index (χ4n) is 3.14. The van der Waals surface area contributed by atoms with Gasteiger partial charge in [0.15, 0.2) is 5.96 Å². The first-order chi connectivity index (χ1) is 7.89. The molecule has 4 nitrogen and oxygen atoms in total. The topological polar surface area (TPSA) is 50.8 Å². The molecule has 0 aromatic heterocycles. The Morgan fingerprint density at radius 1 is 1.35 bits per heavy atom. The van der Waals surface area contributed by atoms with Crippen LogP contribution in [0.4, 0.5) is 0 Å². The van der Waals surface area contributed by atoms with Crippen LogP contribution in [0, 0.1) is 11.3 Å². The summed E-state index contributed by atoms with van der Waals surface area (Å²) in [6, 6.07) is 0.257. The van der Waals surface area contributed by atoms with Gasteiger partial charge in [0.25, 0.3) is 0 Å². The van der Waals surface area contributed by atoms with Crippen LogP contribution in [0.2, 0.25) is 0 Å². The largest absolute Gasteiger partial charge is 0.380 e. The summed E-state index contributed by atoms with van der Waals surface area (Å²) in [7, 11) is 1.77. The molecule has 1 saturated carbocycles. The summed E-state index contributed by atoms with van der Waals surface area (Å²) in [5.41, 5.74) is 6.13. The zero-order valence-electron chi connectivity index (χ0n) is 12.0. The third-order valence-electron chi connectivity index (χ3n) is 4.08. The van der Waals surface area contributed by atoms with Gasteiger partial charge in [0.05, 0.1) is 12.1 Å². The summed E-state index contributed by atoms with van der Waals surface area (Å²) < 4.78 is 5.51. The van der Waals surface area contributed by atoms with Crippen LogP contribution < -0.4 is 5.73 Å². The molecule has 3 atom stereocenters. The van der Waals surface area contributed by atoms with Gasteiger partial charge in [-0.05, 0) is 13.8 Å². The van der Waals surface area contributed by atoms with E-state index in [2.05, 4.69) is 39.5 Å². The lowest BCUT2D eigenvalue weighted by atomic mass is 9.58. The van der Waals surface area contributed by atoms with E-state index in [0.29, 0.717) is 11.9 Å². The van der Waals surface area contributed by atoms with Crippen molar-refractivity contribution in [3.05, 3.63) is 0 Å². The fraction of sp³-hybridized carbons (Fsp3) is 0.923. The van der Waals surface area contributed by atoms with Crippen molar-refractivity contribution in [2.24, 2.45) is 22.1 Å². The standard InChI is InChI=1S/C13H27N3O/c1-7-16(8-2)12(14)15-10-9(3)11(17-6)13(10,4)5/h9-11H,7-8H2,1-6H3,(H2,14,15). The Labute approximate surface area is 105 Å². The van der Waals surface area contributed by atoms with E-state index in [1.807, 2.05) is 0 Å². The highest BCUT2D eigenvalue weighted by Crippen LogP contribution is 2.48. The van der Waals surface area contributed by atoms with Gasteiger partial charge in [0.2, 0.25) is 0 Å². The SMILES string of the molecule is CCN(CC)C(N)=NC1C(C)C(OC)C1(C)C. The molecule has 4 heteroatoms. The van der Waals surface area contributed by atoms with E-state index in [1.165, 1.54) is 0 Å². The van der Waals surface area contributed by atoms with E-state index in [4.69, 9.17) is 15.5 Å². The predicted octanol–water partition coefficient (Wildman–Crippen LogP) is 1.70. The van der Waals surface area contributed by atoms with E-state index in [9.17, 15) is 0 Å². The van der Waals surface area contributed by atoms with Gasteiger partial charge in [-0.1, -0.05) is 20.8 Å². The minimum absolute atomic E-state index is 0.0753. The highest BCUT2D eigenvalue weighted by atomic mass is 16.5. The van der Waals surface area contributed by atoms with E-state index in [0.717, 1.165) is 13.1 Å². The zero-order valence-corrected chi connectivity index (χ0v) is 12.0. The average molecular weight is 241 g/mol. The quantitative estimate of drug-likeness (QED) is 0.602. The third kappa shape index (κ3) is 2.41. The Morgan fingerprint density at radius 2 is 1.88 bits per heavy atom. The van der Waals surface area contributed by atoms with Gasteiger partial charge in [0.1, 0.15) is 0 Å². The van der Waals surface area contributed by atoms with Gasteiger partial charge in [-0.25, -0.2) is 4.99 Å². The van der Waals surface area contributed by atoms with Crippen molar-refractivity contribution in [2.45, 2.75) is 46.8 Å². The number of hydrogen-bond donors (Lipinski definition) is 1. The molecule has 0 bridgehead atoms. The third-order valence-corrected chi connectivity index (χ3v) is 4.08. The summed E-state index contributed by atoms with van der Waals surface area (Å²) in [6.45, 7) is 12.6. The van der Waals surface area contributed by atoms with Gasteiger partial charge in [-0.3, -0.25) is 0 Å². The average Bonchev–Trinajstić information content (AvgIpc) is 2.27. The maximum Gasteiger partial charge on any atom is 0.191 e. The summed E-state index contributed by atoms with van der Waals surface area (Å²) in [5, 5.41) is 0. The second-order valence-electron chi connectivity index (χ2n) is 5.44. The molecular formula is C13H27N3O. The van der Waals surface area contributed by atoms with E-state index in [-0.39, 0.29) is 17.6 Å². The maximum absolute atomic E-state index is 6.05. The fourth-order valence-corrected chi connectivity index (χ4v) is 3.14. The molecule has 0 radical (unpaired) electrons. The van der Waals surface area contributed by atoms with Crippen LogP contribution in [0.15, 0.2) is 4.99 Å². The molecule has 0 aromatic carbocycles. The van der Waals surface area contributed by atoms with Crippen LogP contribution in [-0.2, 0) is 4.74 Å². The molecule has 0 saturated heterocycles. The summed E-state index contributed by atoms with van der Waals surface area (Å²) >= 11 is 0. The Bertz CT molecular complexity index is 284. The second kappa shape index (κ2) is 5.25. The molecule has 1 aliphatic rings. The highest BCUT2D eigenvalue weighted by Gasteiger charge is 2.55. The minimum Gasteiger partial charge on any atom is -0.380 e. The summed E-state index contributed by atoms with van der Waals surface area (Å²) in [4.78, 5) is 6.78. The number of ether oxygens (including phenoxy) is 1. The first-order valence-electron chi connectivity index (χ1n) is 6.51. The Balaban J connectivity index is 2.79. The van der Waals surface area contributed by atoms with Crippen LogP contribution >= 0.6 is 0 Å². The van der Waals surface area contributed by atoms with Gasteiger partial charge in [0, 0.05) is 31.5 Å². The first-order valence-corrected chi connectivity index (χ1v) is 6.51. The molecule has 2 N–H and O–H groups in total. The normalized spacial score (nSPS) is 32.1. The molecule has 0 spiro atoms. The number of hydrogen-bond acceptors (Lipinski definition) is 2. The van der Waals surface area contributed by atoms with Gasteiger partial charge < -0.3 is 15.4 Å². The van der Waals surface area contributed by atoms with Crippen molar-refractivity contribution in [2.75, 3.05) is 20.2 Å². The molecule has 1 aliphatic carbocycles. The second-order valence-corrected chi connectivity index (χ2v) is 5.44. The van der Waals surface area contributed by atoms with Gasteiger partial charge in [-0.2, -0.15) is 0 Å². The van der Waals surface area contributed by atoms with E-state index < -0.39 is 0 Å². The molecule has 1 fully saturated rings. The van der Waals surface area contributed by atoms with Crippen LogP contribution in [0.25, 0.3) is 0 Å². The van der Waals surface area contributed by atoms with Crippen molar-refractivity contribution < 1.29 is 4.74 Å². The van der Waals surface area contributed by atoms with Crippen molar-refractivity contribution >= 4 is 5.96 Å². The van der Waals surface area contributed by atoms with Gasteiger partial charge in [-0.15, -0.1) is 0 Å². The Hall–Kier alpha value is -0.770. The predicted molar refractivity (Wildman–Crippen MR) is 72.1 cm³/mol. The molecule has 0 heterocycles. The Kier molecular flexibility index (Phi) is 4.42. The molecule has 0 aliphatic heterocycles. The molecule has 0 aromatic rings. The number of aliphatic imine (C=N–C) groups is 1. The number of rotatable bonds is 4. The minimum atomic E-state index is 0.0753. The first kappa shape index (κ1) is 14.3. The van der Waals surface area contributed by atoms with Crippen LogP contribution in [-0.4, -0.2) is 43.2 Å². The summed E-state index contributed by atoms with van der Waals surface area (Å²) in [5.74, 6) is 1.10. The van der Waals surface area contributed by atoms with Gasteiger partial charge >= 0.3 is 0 Å². The molecule has 3 unspecified atom stereocenters. The number of guanidine groups is 1. The lowest BCUT2D eigenvalue weighted by Crippen LogP contribution is -2.61. The van der Waals surface area contributed by atoms with Crippen LogP contribution in [0.1, 0.15) is 34.6 Å². The molecule has 100 valence electrons. The van der Waals surface area contributed by atoms with Crippen LogP contribution in [0.3, 0.4) is 0 Å². The highest BCUT2D eigenvalue weighted by molar-refractivity contribution is 5.78. The zero-order chi connectivity index (χ0) is 13.2. The van der Waals surface area contributed by atoms with Crippen molar-refractivity contribution in [1.82, 2.24) is 4.90 Å². The summed E-state index contributed by atoms with van der Waals surface area (Å²) in [6.07, 6.45) is 0.278. The molecule has 0 amide bonds. The lowest BCUT2D eigenvalue weighted by Gasteiger charge is -2.54. The van der Waals surface area contributed by atoms with Crippen molar-refractivity contribution in [1.29, 1.82) is 0 Å². The van der Waals surface area contributed by atoms with Crippen molar-refractivity contribution in [3.8, 4) is 0 Å². The van der Waals surface area contributed by atoms with Crippen molar-refractivity contribution in [3.63, 3.8) is 0 Å². The Morgan fingerprint density at radius 3 is 2.24 bits per heavy atom. The maximum atomic E-state index is 6.05. The van der Waals surface area contributed by atoms with Crippen LogP contribution in [0.5, 0.6) is 0 Å². The molecule has 17 heavy (non-hydrogen) atoms. The lowest BCUT2D eigenvalue weighted by molar-refractivity contribution is -0.132.